The number of halogens is 1. The van der Waals surface area contributed by atoms with Crippen LogP contribution in [0.2, 0.25) is 5.02 Å². The van der Waals surface area contributed by atoms with E-state index in [-0.39, 0.29) is 30.2 Å². The van der Waals surface area contributed by atoms with Crippen molar-refractivity contribution in [1.29, 1.82) is 0 Å². The molecule has 4 aliphatic rings. The van der Waals surface area contributed by atoms with E-state index in [0.717, 1.165) is 33.7 Å². The summed E-state index contributed by atoms with van der Waals surface area (Å²) in [4.78, 5) is 54.7. The lowest BCUT2D eigenvalue weighted by atomic mass is 9.89. The maximum atomic E-state index is 13.7. The van der Waals surface area contributed by atoms with Crippen LogP contribution in [0.1, 0.15) is 86.6 Å². The van der Waals surface area contributed by atoms with E-state index in [0.29, 0.717) is 70.0 Å². The van der Waals surface area contributed by atoms with Gasteiger partial charge in [0.25, 0.3) is 5.91 Å². The Hall–Kier alpha value is -4.46. The lowest BCUT2D eigenvalue weighted by Gasteiger charge is -2.40. The molecule has 3 aromatic rings. The smallest absolute Gasteiger partial charge is 0.410 e. The number of hydrogen-bond acceptors (Lipinski definition) is 9. The molecule has 1 aromatic carbocycles. The Morgan fingerprint density at radius 2 is 1.72 bits per heavy atom. The minimum atomic E-state index is -0.834. The number of likely N-dealkylation sites (tertiary alicyclic amines) is 1. The van der Waals surface area contributed by atoms with Crippen LogP contribution >= 0.6 is 11.6 Å². The largest absolute Gasteiger partial charge is 0.446 e. The second-order valence-electron chi connectivity index (χ2n) is 15.3. The van der Waals surface area contributed by atoms with Crippen LogP contribution in [0, 0.1) is 0 Å². The van der Waals surface area contributed by atoms with Gasteiger partial charge in [0.1, 0.15) is 17.3 Å². The Bertz CT molecular complexity index is 1890. The van der Waals surface area contributed by atoms with Gasteiger partial charge in [0.2, 0.25) is 0 Å². The van der Waals surface area contributed by atoms with Crippen LogP contribution in [-0.4, -0.2) is 111 Å². The number of fused-ring (bicyclic) bond motifs is 2. The zero-order chi connectivity index (χ0) is 37.5. The van der Waals surface area contributed by atoms with Gasteiger partial charge in [-0.1, -0.05) is 23.7 Å². The summed E-state index contributed by atoms with van der Waals surface area (Å²) in [7, 11) is 3.49. The summed E-state index contributed by atoms with van der Waals surface area (Å²) < 4.78 is 19.0. The summed E-state index contributed by atoms with van der Waals surface area (Å²) >= 11 is 6.73. The number of benzene rings is 1. The molecular formula is C39H48ClN7O6. The molecule has 282 valence electrons. The van der Waals surface area contributed by atoms with Crippen LogP contribution in [0.15, 0.2) is 49.1 Å². The first-order valence-electron chi connectivity index (χ1n) is 18.3. The number of rotatable bonds is 7. The molecule has 4 heterocycles. The molecule has 0 radical (unpaired) electrons. The van der Waals surface area contributed by atoms with Gasteiger partial charge in [0, 0.05) is 77.5 Å². The first-order valence-corrected chi connectivity index (χ1v) is 18.7. The number of imidazole rings is 1. The Morgan fingerprint density at radius 3 is 2.36 bits per heavy atom. The molecule has 2 saturated heterocycles. The zero-order valence-corrected chi connectivity index (χ0v) is 31.8. The molecule has 2 atom stereocenters. The third-order valence-corrected chi connectivity index (χ3v) is 10.8. The lowest BCUT2D eigenvalue weighted by molar-refractivity contribution is -0.134. The molecule has 53 heavy (non-hydrogen) atoms. The number of nitrogens with one attached hydrogen (secondary N) is 1. The van der Waals surface area contributed by atoms with Gasteiger partial charge in [-0.25, -0.2) is 14.6 Å². The molecule has 0 bridgehead atoms. The van der Waals surface area contributed by atoms with Gasteiger partial charge in [0.05, 0.1) is 36.0 Å². The second kappa shape index (κ2) is 14.8. The molecular weight excluding hydrogens is 698 g/mol. The normalized spacial score (nSPS) is 20.7. The van der Waals surface area contributed by atoms with E-state index in [2.05, 4.69) is 21.3 Å². The predicted octanol–water partition coefficient (Wildman–Crippen LogP) is 5.60. The van der Waals surface area contributed by atoms with Crippen molar-refractivity contribution in [3.8, 4) is 0 Å². The van der Waals surface area contributed by atoms with Crippen molar-refractivity contribution in [1.82, 2.24) is 34.6 Å². The second-order valence-corrected chi connectivity index (χ2v) is 15.8. The maximum absolute atomic E-state index is 13.7. The van der Waals surface area contributed by atoms with E-state index in [4.69, 9.17) is 30.8 Å². The number of nitrogens with zero attached hydrogens (tertiary/aromatic N) is 6. The van der Waals surface area contributed by atoms with Crippen molar-refractivity contribution in [3.05, 3.63) is 82.2 Å². The van der Waals surface area contributed by atoms with Gasteiger partial charge < -0.3 is 33.9 Å². The summed E-state index contributed by atoms with van der Waals surface area (Å²) in [6.45, 7) is 8.63. The number of carbonyl (C=O) groups is 3. The van der Waals surface area contributed by atoms with Gasteiger partial charge in [-0.05, 0) is 80.2 Å². The molecule has 2 aliphatic heterocycles. The molecule has 2 aliphatic carbocycles. The molecule has 3 fully saturated rings. The molecule has 0 spiro atoms. The summed E-state index contributed by atoms with van der Waals surface area (Å²) in [6, 6.07) is 9.05. The van der Waals surface area contributed by atoms with Crippen molar-refractivity contribution in [2.45, 2.75) is 75.8 Å². The van der Waals surface area contributed by atoms with Crippen LogP contribution in [0.25, 0.3) is 11.6 Å². The number of piperazine rings is 1. The Kier molecular flexibility index (Phi) is 10.3. The first kappa shape index (κ1) is 36.9. The van der Waals surface area contributed by atoms with Crippen molar-refractivity contribution in [2.75, 3.05) is 46.4 Å². The predicted molar refractivity (Wildman–Crippen MR) is 199 cm³/mol. The van der Waals surface area contributed by atoms with Crippen molar-refractivity contribution < 1.29 is 28.6 Å². The van der Waals surface area contributed by atoms with Crippen LogP contribution in [-0.2, 0) is 26.1 Å². The minimum absolute atomic E-state index is 0.167. The summed E-state index contributed by atoms with van der Waals surface area (Å²) in [5.74, 6) is -0.167. The average molecular weight is 746 g/mol. The van der Waals surface area contributed by atoms with Crippen molar-refractivity contribution in [2.24, 2.45) is 7.05 Å². The van der Waals surface area contributed by atoms with E-state index in [1.54, 1.807) is 35.6 Å². The highest BCUT2D eigenvalue weighted by atomic mass is 35.5. The SMILES string of the molecule is COC1(C(=O)NC(C2=Cc3cccnc3C(N3CCN(C(=O)OC4CCN(C(=O)OC(C)(C)C)CC4)CC3)c3ccc(Cl)cc32)c2cncn2C)CC1. The quantitative estimate of drug-likeness (QED) is 0.328. The van der Waals surface area contributed by atoms with E-state index >= 15 is 0 Å². The van der Waals surface area contributed by atoms with E-state index in [9.17, 15) is 14.4 Å². The highest BCUT2D eigenvalue weighted by molar-refractivity contribution is 6.30. The zero-order valence-electron chi connectivity index (χ0n) is 31.0. The van der Waals surface area contributed by atoms with Crippen LogP contribution < -0.4 is 5.32 Å². The summed E-state index contributed by atoms with van der Waals surface area (Å²) in [5.41, 5.74) is 3.98. The van der Waals surface area contributed by atoms with E-state index in [1.807, 2.05) is 62.7 Å². The molecule has 7 rings (SSSR count). The molecule has 3 amide bonds. The number of methoxy groups -OCH3 is 1. The fourth-order valence-electron chi connectivity index (χ4n) is 7.52. The molecule has 2 aromatic heterocycles. The van der Waals surface area contributed by atoms with Crippen LogP contribution in [0.4, 0.5) is 9.59 Å². The summed E-state index contributed by atoms with van der Waals surface area (Å²) in [6.07, 6.45) is 8.93. The molecule has 1 N–H and O–H groups in total. The number of hydrogen-bond donors (Lipinski definition) is 1. The van der Waals surface area contributed by atoms with E-state index in [1.165, 1.54) is 0 Å². The minimum Gasteiger partial charge on any atom is -0.446 e. The number of amides is 3. The van der Waals surface area contributed by atoms with Gasteiger partial charge in [-0.3, -0.25) is 14.7 Å². The van der Waals surface area contributed by atoms with Crippen molar-refractivity contribution in [3.63, 3.8) is 0 Å². The third kappa shape index (κ3) is 7.78. The number of piperidine rings is 1. The fourth-order valence-corrected chi connectivity index (χ4v) is 7.69. The van der Waals surface area contributed by atoms with Gasteiger partial charge in [0.15, 0.2) is 0 Å². The number of carbonyl (C=O) groups excluding carboxylic acids is 3. The maximum Gasteiger partial charge on any atom is 0.410 e. The summed E-state index contributed by atoms with van der Waals surface area (Å²) in [5, 5.41) is 3.88. The van der Waals surface area contributed by atoms with Crippen LogP contribution in [0.3, 0.4) is 0 Å². The van der Waals surface area contributed by atoms with E-state index < -0.39 is 17.2 Å². The highest BCUT2D eigenvalue weighted by Gasteiger charge is 2.51. The van der Waals surface area contributed by atoms with Gasteiger partial charge >= 0.3 is 12.2 Å². The van der Waals surface area contributed by atoms with Crippen LogP contribution in [0.5, 0.6) is 0 Å². The Labute approximate surface area is 315 Å². The number of ether oxygens (including phenoxy) is 3. The third-order valence-electron chi connectivity index (χ3n) is 10.6. The Morgan fingerprint density at radius 1 is 1.00 bits per heavy atom. The van der Waals surface area contributed by atoms with Gasteiger partial charge in [-0.2, -0.15) is 0 Å². The first-order chi connectivity index (χ1) is 25.4. The molecule has 1 saturated carbocycles. The highest BCUT2D eigenvalue weighted by Crippen LogP contribution is 2.46. The monoisotopic (exact) mass is 745 g/mol. The topological polar surface area (TPSA) is 131 Å². The average Bonchev–Trinajstić information content (AvgIpc) is 3.86. The standard InChI is InChI=1S/C39H48ClN7O6/c1-38(2,3)53-37(50)46-15-10-27(11-16-46)52-36(49)47-19-17-45(18-20-47)34-28-9-8-26(40)22-29(28)30(21-25-7-6-14-42-32(25)34)33(31-23-41-24-44(31)4)43-35(48)39(51-5)12-13-39/h6-9,14,21-24,27,33-34H,10-13,15-20H2,1-5H3,(H,43,48). The molecule has 2 unspecified atom stereocenters. The van der Waals surface area contributed by atoms with Gasteiger partial charge in [-0.15, -0.1) is 0 Å². The van der Waals surface area contributed by atoms with Crippen molar-refractivity contribution >= 4 is 41.3 Å². The molecule has 14 heteroatoms. The lowest BCUT2D eigenvalue weighted by Crippen LogP contribution is -2.51. The Balaban J connectivity index is 1.11. The fraction of sp³-hybridized carbons (Fsp3) is 0.513. The molecule has 13 nitrogen and oxygen atoms in total. The number of aryl methyl sites for hydroxylation is 1. The number of aromatic nitrogens is 3. The number of pyridine rings is 1.